The van der Waals surface area contributed by atoms with E-state index < -0.39 is 0 Å². The van der Waals surface area contributed by atoms with Crippen LogP contribution in [0.4, 0.5) is 0 Å². The molecule has 0 aliphatic rings. The monoisotopic (exact) mass is 259 g/mol. The van der Waals surface area contributed by atoms with Crippen LogP contribution in [0.25, 0.3) is 0 Å². The van der Waals surface area contributed by atoms with Crippen LogP contribution in [-0.4, -0.2) is 25.7 Å². The van der Waals surface area contributed by atoms with E-state index in [-0.39, 0.29) is 17.2 Å². The average molecular weight is 259 g/mol. The lowest BCUT2D eigenvalue weighted by atomic mass is 9.99. The van der Waals surface area contributed by atoms with Crippen molar-refractivity contribution in [2.24, 2.45) is 13.0 Å². The summed E-state index contributed by atoms with van der Waals surface area (Å²) in [5, 5.41) is 14.2. The Morgan fingerprint density at radius 2 is 2.21 bits per heavy atom. The number of nitrogens with zero attached hydrogens (tertiary/aromatic N) is 3. The van der Waals surface area contributed by atoms with E-state index in [1.165, 1.54) is 10.9 Å². The summed E-state index contributed by atoms with van der Waals surface area (Å²) in [7, 11) is 1.62. The molecule has 19 heavy (non-hydrogen) atoms. The van der Waals surface area contributed by atoms with Gasteiger partial charge in [-0.25, -0.2) is 4.68 Å². The number of pyridine rings is 1. The fourth-order valence-electron chi connectivity index (χ4n) is 1.97. The molecule has 0 aromatic carbocycles. The minimum absolute atomic E-state index is 0.0931. The number of carbonyl (C=O) groups excluding carboxylic acids is 1. The zero-order chi connectivity index (χ0) is 14.0. The molecule has 2 rings (SSSR count). The summed E-state index contributed by atoms with van der Waals surface area (Å²) in [6.07, 6.45) is 3.75. The third-order valence-electron chi connectivity index (χ3n) is 2.84. The van der Waals surface area contributed by atoms with Crippen LogP contribution in [0.3, 0.4) is 0 Å². The van der Waals surface area contributed by atoms with Crippen LogP contribution < -0.4 is 0 Å². The molecular formula is C14H17N3O2. The van der Waals surface area contributed by atoms with Crippen molar-refractivity contribution >= 4 is 5.78 Å². The molecule has 0 radical (unpaired) electrons. The molecule has 2 heterocycles. The zero-order valence-corrected chi connectivity index (χ0v) is 11.3. The molecule has 0 fully saturated rings. The molecule has 0 atom stereocenters. The quantitative estimate of drug-likeness (QED) is 0.852. The largest absolute Gasteiger partial charge is 0.493 e. The van der Waals surface area contributed by atoms with Gasteiger partial charge in [-0.3, -0.25) is 9.78 Å². The Kier molecular flexibility index (Phi) is 3.64. The lowest BCUT2D eigenvalue weighted by molar-refractivity contribution is 0.103. The Morgan fingerprint density at radius 3 is 2.79 bits per heavy atom. The van der Waals surface area contributed by atoms with Gasteiger partial charge in [0.05, 0.1) is 5.69 Å². The van der Waals surface area contributed by atoms with Crippen LogP contribution in [0, 0.1) is 5.92 Å². The van der Waals surface area contributed by atoms with Crippen molar-refractivity contribution in [1.29, 1.82) is 0 Å². The van der Waals surface area contributed by atoms with Crippen molar-refractivity contribution in [2.45, 2.75) is 20.3 Å². The Labute approximate surface area is 111 Å². The molecule has 0 spiro atoms. The van der Waals surface area contributed by atoms with Gasteiger partial charge in [-0.2, -0.15) is 5.10 Å². The van der Waals surface area contributed by atoms with Gasteiger partial charge in [0.15, 0.2) is 0 Å². The van der Waals surface area contributed by atoms with Gasteiger partial charge in [0.1, 0.15) is 5.56 Å². The molecule has 5 nitrogen and oxygen atoms in total. The first-order valence-corrected chi connectivity index (χ1v) is 6.20. The molecule has 0 amide bonds. The summed E-state index contributed by atoms with van der Waals surface area (Å²) >= 11 is 0. The Hall–Kier alpha value is -2.17. The molecule has 0 saturated heterocycles. The Morgan fingerprint density at radius 1 is 1.47 bits per heavy atom. The molecule has 5 heteroatoms. The van der Waals surface area contributed by atoms with E-state index in [9.17, 15) is 9.90 Å². The van der Waals surface area contributed by atoms with Crippen molar-refractivity contribution in [3.63, 3.8) is 0 Å². The number of aryl methyl sites for hydroxylation is 1. The van der Waals surface area contributed by atoms with Gasteiger partial charge in [-0.1, -0.05) is 13.8 Å². The van der Waals surface area contributed by atoms with E-state index in [2.05, 4.69) is 10.1 Å². The van der Waals surface area contributed by atoms with Gasteiger partial charge < -0.3 is 5.11 Å². The van der Waals surface area contributed by atoms with Gasteiger partial charge in [-0.05, 0) is 24.5 Å². The van der Waals surface area contributed by atoms with Crippen LogP contribution in [0.5, 0.6) is 5.88 Å². The lowest BCUT2D eigenvalue weighted by Crippen LogP contribution is -2.06. The Bertz CT molecular complexity index is 588. The van der Waals surface area contributed by atoms with Crippen LogP contribution >= 0.6 is 0 Å². The molecule has 0 saturated carbocycles. The van der Waals surface area contributed by atoms with Crippen molar-refractivity contribution < 1.29 is 9.90 Å². The topological polar surface area (TPSA) is 68.0 Å². The molecule has 0 aliphatic heterocycles. The Balaban J connectivity index is 2.46. The predicted molar refractivity (Wildman–Crippen MR) is 71.1 cm³/mol. The minimum atomic E-state index is -0.241. The van der Waals surface area contributed by atoms with E-state index in [0.717, 1.165) is 0 Å². The van der Waals surface area contributed by atoms with Gasteiger partial charge in [0.2, 0.25) is 11.7 Å². The second-order valence-electron chi connectivity index (χ2n) is 4.94. The van der Waals surface area contributed by atoms with Crippen molar-refractivity contribution in [1.82, 2.24) is 14.8 Å². The van der Waals surface area contributed by atoms with Crippen LogP contribution in [0.2, 0.25) is 0 Å². The summed E-state index contributed by atoms with van der Waals surface area (Å²) in [6, 6.07) is 3.38. The van der Waals surface area contributed by atoms with E-state index in [4.69, 9.17) is 0 Å². The lowest BCUT2D eigenvalue weighted by Gasteiger charge is -2.04. The molecule has 100 valence electrons. The summed E-state index contributed by atoms with van der Waals surface area (Å²) in [5.41, 5.74) is 1.36. The standard InChI is InChI=1S/C14H17N3O2/c1-9(2)7-11-12(14(19)17(3)16-11)13(18)10-5-4-6-15-8-10/h4-6,8-9,19H,7H2,1-3H3. The van der Waals surface area contributed by atoms with Crippen molar-refractivity contribution in [2.75, 3.05) is 0 Å². The molecule has 2 aromatic heterocycles. The normalized spacial score (nSPS) is 10.9. The fraction of sp³-hybridized carbons (Fsp3) is 0.357. The number of aromatic nitrogens is 3. The fourth-order valence-corrected chi connectivity index (χ4v) is 1.97. The highest BCUT2D eigenvalue weighted by Gasteiger charge is 2.23. The first-order chi connectivity index (χ1) is 9.00. The van der Waals surface area contributed by atoms with Gasteiger partial charge in [-0.15, -0.1) is 0 Å². The van der Waals surface area contributed by atoms with E-state index in [1.807, 2.05) is 13.8 Å². The first kappa shape index (κ1) is 13.3. The number of hydrogen-bond donors (Lipinski definition) is 1. The number of ketones is 1. The minimum Gasteiger partial charge on any atom is -0.493 e. The van der Waals surface area contributed by atoms with Crippen LogP contribution in [0.15, 0.2) is 24.5 Å². The van der Waals surface area contributed by atoms with Crippen LogP contribution in [-0.2, 0) is 13.5 Å². The number of carbonyl (C=O) groups is 1. The maximum atomic E-state index is 12.4. The van der Waals surface area contributed by atoms with Gasteiger partial charge in [0.25, 0.3) is 0 Å². The van der Waals surface area contributed by atoms with E-state index in [0.29, 0.717) is 23.6 Å². The van der Waals surface area contributed by atoms with Crippen molar-refractivity contribution in [3.8, 4) is 5.88 Å². The zero-order valence-electron chi connectivity index (χ0n) is 11.3. The van der Waals surface area contributed by atoms with E-state index >= 15 is 0 Å². The summed E-state index contributed by atoms with van der Waals surface area (Å²) in [6.45, 7) is 4.09. The highest BCUT2D eigenvalue weighted by molar-refractivity contribution is 6.11. The summed E-state index contributed by atoms with van der Waals surface area (Å²) < 4.78 is 1.33. The third-order valence-corrected chi connectivity index (χ3v) is 2.84. The molecule has 0 unspecified atom stereocenters. The molecule has 1 N–H and O–H groups in total. The van der Waals surface area contributed by atoms with Crippen molar-refractivity contribution in [3.05, 3.63) is 41.3 Å². The highest BCUT2D eigenvalue weighted by atomic mass is 16.3. The third kappa shape index (κ3) is 2.65. The van der Waals surface area contributed by atoms with Crippen LogP contribution in [0.1, 0.15) is 35.5 Å². The van der Waals surface area contributed by atoms with E-state index in [1.54, 1.807) is 25.4 Å². The maximum Gasteiger partial charge on any atom is 0.220 e. The molecular weight excluding hydrogens is 242 g/mol. The number of hydrogen-bond acceptors (Lipinski definition) is 4. The van der Waals surface area contributed by atoms with Gasteiger partial charge in [0, 0.05) is 25.0 Å². The second-order valence-corrected chi connectivity index (χ2v) is 4.94. The smallest absolute Gasteiger partial charge is 0.220 e. The summed E-state index contributed by atoms with van der Waals surface area (Å²) in [4.78, 5) is 16.4. The molecule has 2 aromatic rings. The average Bonchev–Trinajstić information content (AvgIpc) is 2.64. The SMILES string of the molecule is CC(C)Cc1nn(C)c(O)c1C(=O)c1cccnc1. The molecule has 0 bridgehead atoms. The molecule has 0 aliphatic carbocycles. The number of rotatable bonds is 4. The number of aromatic hydroxyl groups is 1. The summed E-state index contributed by atoms with van der Waals surface area (Å²) in [5.74, 6) is 0.0219. The predicted octanol–water partition coefficient (Wildman–Crippen LogP) is 1.95. The highest BCUT2D eigenvalue weighted by Crippen LogP contribution is 2.25. The maximum absolute atomic E-state index is 12.4. The van der Waals surface area contributed by atoms with Gasteiger partial charge >= 0.3 is 0 Å². The first-order valence-electron chi connectivity index (χ1n) is 6.20. The second kappa shape index (κ2) is 5.22.